The maximum atomic E-state index is 13.6. The second-order valence-corrected chi connectivity index (χ2v) is 5.92. The maximum Gasteiger partial charge on any atom is 0.190 e. The van der Waals surface area contributed by atoms with Gasteiger partial charge in [-0.05, 0) is 56.5 Å². The first-order valence-corrected chi connectivity index (χ1v) is 8.39. The zero-order chi connectivity index (χ0) is 18.2. The Bertz CT molecular complexity index is 724. The van der Waals surface area contributed by atoms with E-state index in [4.69, 9.17) is 0 Å². The average molecular weight is 349 g/mol. The Kier molecular flexibility index (Phi) is 6.91. The third-order valence-electron chi connectivity index (χ3n) is 3.86. The lowest BCUT2D eigenvalue weighted by atomic mass is 10.1. The van der Waals surface area contributed by atoms with Gasteiger partial charge in [-0.25, -0.2) is 8.78 Å². The summed E-state index contributed by atoms with van der Waals surface area (Å²) in [5, 5.41) is 10.7. The van der Waals surface area contributed by atoms with E-state index in [0.29, 0.717) is 24.5 Å². The van der Waals surface area contributed by atoms with Crippen molar-refractivity contribution in [3.05, 3.63) is 52.9 Å². The lowest BCUT2D eigenvalue weighted by Crippen LogP contribution is -2.39. The van der Waals surface area contributed by atoms with Gasteiger partial charge < -0.3 is 10.6 Å². The number of aromatic nitrogens is 2. The molecule has 0 atom stereocenters. The van der Waals surface area contributed by atoms with Crippen LogP contribution < -0.4 is 10.6 Å². The van der Waals surface area contributed by atoms with Gasteiger partial charge in [0.25, 0.3) is 0 Å². The molecule has 1 aromatic heterocycles. The molecular weight excluding hydrogens is 324 g/mol. The smallest absolute Gasteiger partial charge is 0.190 e. The predicted octanol–water partition coefficient (Wildman–Crippen LogP) is 2.58. The van der Waals surface area contributed by atoms with Crippen LogP contribution in [0, 0.1) is 25.5 Å². The van der Waals surface area contributed by atoms with E-state index in [0.717, 1.165) is 43.0 Å². The number of halogens is 2. The Hall–Kier alpha value is -2.44. The van der Waals surface area contributed by atoms with Crippen LogP contribution in [0.5, 0.6) is 0 Å². The summed E-state index contributed by atoms with van der Waals surface area (Å²) in [5.74, 6) is -0.177. The quantitative estimate of drug-likeness (QED) is 0.459. The highest BCUT2D eigenvalue weighted by Crippen LogP contribution is 2.09. The molecule has 1 aromatic carbocycles. The third-order valence-corrected chi connectivity index (χ3v) is 3.86. The molecule has 2 rings (SSSR count). The van der Waals surface area contributed by atoms with Gasteiger partial charge in [0, 0.05) is 32.4 Å². The highest BCUT2D eigenvalue weighted by Gasteiger charge is 2.05. The number of guanidine groups is 1. The van der Waals surface area contributed by atoms with Crippen molar-refractivity contribution in [1.29, 1.82) is 0 Å². The van der Waals surface area contributed by atoms with Crippen molar-refractivity contribution in [3.63, 3.8) is 0 Å². The second-order valence-electron chi connectivity index (χ2n) is 5.92. The second kappa shape index (κ2) is 9.15. The van der Waals surface area contributed by atoms with Gasteiger partial charge in [0.2, 0.25) is 0 Å². The predicted molar refractivity (Wildman–Crippen MR) is 95.7 cm³/mol. The first-order valence-electron chi connectivity index (χ1n) is 8.39. The summed E-state index contributed by atoms with van der Waals surface area (Å²) >= 11 is 0. The molecule has 0 amide bonds. The molecule has 25 heavy (non-hydrogen) atoms. The Morgan fingerprint density at radius 1 is 1.16 bits per heavy atom. The van der Waals surface area contributed by atoms with Crippen LogP contribution in [-0.2, 0) is 13.0 Å². The van der Waals surface area contributed by atoms with Gasteiger partial charge in [0.15, 0.2) is 5.96 Å². The van der Waals surface area contributed by atoms with Crippen molar-refractivity contribution in [2.24, 2.45) is 4.99 Å². The van der Waals surface area contributed by atoms with Gasteiger partial charge in [-0.3, -0.25) is 9.67 Å². The van der Waals surface area contributed by atoms with Gasteiger partial charge in [-0.1, -0.05) is 0 Å². The maximum absolute atomic E-state index is 13.6. The van der Waals surface area contributed by atoms with E-state index < -0.39 is 11.6 Å². The number of rotatable bonds is 7. The van der Waals surface area contributed by atoms with Crippen molar-refractivity contribution in [3.8, 4) is 0 Å². The summed E-state index contributed by atoms with van der Waals surface area (Å²) in [7, 11) is 1.68. The molecule has 136 valence electrons. The van der Waals surface area contributed by atoms with Crippen LogP contribution in [0.1, 0.15) is 23.4 Å². The van der Waals surface area contributed by atoms with Gasteiger partial charge in [0.1, 0.15) is 11.6 Å². The fraction of sp³-hybridized carbons (Fsp3) is 0.444. The number of benzene rings is 1. The highest BCUT2D eigenvalue weighted by molar-refractivity contribution is 5.79. The zero-order valence-corrected chi connectivity index (χ0v) is 14.9. The van der Waals surface area contributed by atoms with Crippen LogP contribution in [0.2, 0.25) is 0 Å². The van der Waals surface area contributed by atoms with Gasteiger partial charge in [-0.2, -0.15) is 5.10 Å². The molecule has 0 radical (unpaired) electrons. The fourth-order valence-corrected chi connectivity index (χ4v) is 2.61. The molecule has 0 spiro atoms. The lowest BCUT2D eigenvalue weighted by Gasteiger charge is -2.12. The molecule has 0 aliphatic carbocycles. The number of hydrogen-bond donors (Lipinski definition) is 2. The molecule has 0 aliphatic heterocycles. The van der Waals surface area contributed by atoms with Crippen LogP contribution in [-0.4, -0.2) is 35.9 Å². The van der Waals surface area contributed by atoms with Crippen LogP contribution >= 0.6 is 0 Å². The van der Waals surface area contributed by atoms with E-state index >= 15 is 0 Å². The van der Waals surface area contributed by atoms with Crippen LogP contribution in [0.15, 0.2) is 29.3 Å². The molecule has 2 N–H and O–H groups in total. The molecule has 0 saturated carbocycles. The third kappa shape index (κ3) is 5.85. The summed E-state index contributed by atoms with van der Waals surface area (Å²) in [6.45, 7) is 6.07. The van der Waals surface area contributed by atoms with Crippen LogP contribution in [0.3, 0.4) is 0 Å². The van der Waals surface area contributed by atoms with E-state index in [1.165, 1.54) is 6.07 Å². The number of hydrogen-bond acceptors (Lipinski definition) is 2. The molecule has 5 nitrogen and oxygen atoms in total. The Labute approximate surface area is 147 Å². The van der Waals surface area contributed by atoms with Crippen molar-refractivity contribution in [2.75, 3.05) is 20.1 Å². The normalized spacial score (nSPS) is 11.6. The van der Waals surface area contributed by atoms with Gasteiger partial charge in [-0.15, -0.1) is 0 Å². The minimum absolute atomic E-state index is 0.354. The molecule has 1 heterocycles. The van der Waals surface area contributed by atoms with Crippen molar-refractivity contribution in [2.45, 2.75) is 33.2 Å². The monoisotopic (exact) mass is 349 g/mol. The summed E-state index contributed by atoms with van der Waals surface area (Å²) < 4.78 is 28.7. The lowest BCUT2D eigenvalue weighted by molar-refractivity contribution is 0.555. The highest BCUT2D eigenvalue weighted by atomic mass is 19.1. The topological polar surface area (TPSA) is 54.2 Å². The summed E-state index contributed by atoms with van der Waals surface area (Å²) in [5.41, 5.74) is 2.53. The van der Waals surface area contributed by atoms with Gasteiger partial charge >= 0.3 is 0 Å². The van der Waals surface area contributed by atoms with Crippen molar-refractivity contribution in [1.82, 2.24) is 20.4 Å². The Balaban J connectivity index is 1.70. The van der Waals surface area contributed by atoms with E-state index in [9.17, 15) is 8.78 Å². The standard InChI is InChI=1S/C18H25F2N5/c1-13-11-14(2)25(24-13)10-4-8-22-18(21-3)23-9-7-15-12-16(19)5-6-17(15)20/h5-6,11-12H,4,7-10H2,1-3H3,(H2,21,22,23). The molecule has 0 aliphatic rings. The summed E-state index contributed by atoms with van der Waals surface area (Å²) in [6.07, 6.45) is 1.29. The average Bonchev–Trinajstić information content (AvgIpc) is 2.90. The van der Waals surface area contributed by atoms with Crippen LogP contribution in [0.25, 0.3) is 0 Å². The number of nitrogens with zero attached hydrogens (tertiary/aromatic N) is 3. The SMILES string of the molecule is CN=C(NCCCn1nc(C)cc1C)NCCc1cc(F)ccc1F. The molecule has 0 fully saturated rings. The van der Waals surface area contributed by atoms with E-state index in [-0.39, 0.29) is 0 Å². The number of nitrogens with one attached hydrogen (secondary N) is 2. The Morgan fingerprint density at radius 3 is 2.60 bits per heavy atom. The molecule has 0 unspecified atom stereocenters. The van der Waals surface area contributed by atoms with E-state index in [1.807, 2.05) is 18.5 Å². The minimum Gasteiger partial charge on any atom is -0.356 e. The van der Waals surface area contributed by atoms with Crippen LogP contribution in [0.4, 0.5) is 8.78 Å². The molecular formula is C18H25F2N5. The van der Waals surface area contributed by atoms with E-state index in [2.05, 4.69) is 26.8 Å². The van der Waals surface area contributed by atoms with E-state index in [1.54, 1.807) is 7.05 Å². The summed E-state index contributed by atoms with van der Waals surface area (Å²) in [4.78, 5) is 4.13. The first-order chi connectivity index (χ1) is 12.0. The zero-order valence-electron chi connectivity index (χ0n) is 14.9. The first kappa shape index (κ1) is 18.9. The number of aryl methyl sites for hydroxylation is 3. The fourth-order valence-electron chi connectivity index (χ4n) is 2.61. The molecule has 2 aromatic rings. The number of aliphatic imine (C=N–C) groups is 1. The molecule has 0 bridgehead atoms. The molecule has 0 saturated heterocycles. The van der Waals surface area contributed by atoms with Gasteiger partial charge in [0.05, 0.1) is 5.69 Å². The van der Waals surface area contributed by atoms with Crippen molar-refractivity contribution >= 4 is 5.96 Å². The largest absolute Gasteiger partial charge is 0.356 e. The Morgan fingerprint density at radius 2 is 1.92 bits per heavy atom. The van der Waals surface area contributed by atoms with Crippen molar-refractivity contribution < 1.29 is 8.78 Å². The molecule has 7 heteroatoms. The minimum atomic E-state index is -0.428. The summed E-state index contributed by atoms with van der Waals surface area (Å²) in [6, 6.07) is 5.55.